The molecule has 19 heavy (non-hydrogen) atoms. The van der Waals surface area contributed by atoms with Crippen molar-refractivity contribution in [1.82, 2.24) is 4.90 Å². The Morgan fingerprint density at radius 2 is 2.11 bits per heavy atom. The summed E-state index contributed by atoms with van der Waals surface area (Å²) in [5, 5.41) is 9.80. The predicted molar refractivity (Wildman–Crippen MR) is 84.3 cm³/mol. The highest BCUT2D eigenvalue weighted by Crippen LogP contribution is 2.48. The molecule has 0 unspecified atom stereocenters. The minimum atomic E-state index is 0. The van der Waals surface area contributed by atoms with Gasteiger partial charge in [-0.3, -0.25) is 0 Å². The number of hydrogen-bond donors (Lipinski definition) is 1. The van der Waals surface area contributed by atoms with Crippen LogP contribution in [0, 0.1) is 5.92 Å². The minimum Gasteiger partial charge on any atom is -0.508 e. The van der Waals surface area contributed by atoms with Crippen molar-refractivity contribution in [3.8, 4) is 5.75 Å². The van der Waals surface area contributed by atoms with Crippen LogP contribution in [0.15, 0.2) is 18.2 Å². The van der Waals surface area contributed by atoms with E-state index in [0.717, 1.165) is 6.42 Å². The number of likely N-dealkylation sites (N-methyl/N-ethyl adjacent to an activating group) is 1. The molecule has 0 radical (unpaired) electrons. The molecule has 3 atom stereocenters. The van der Waals surface area contributed by atoms with Crippen LogP contribution in [0.4, 0.5) is 0 Å². The van der Waals surface area contributed by atoms with Crippen LogP contribution in [0.25, 0.3) is 0 Å². The molecule has 0 spiro atoms. The molecule has 1 fully saturated rings. The number of aromatic hydroxyl groups is 1. The summed E-state index contributed by atoms with van der Waals surface area (Å²) in [4.78, 5) is 2.53. The summed E-state index contributed by atoms with van der Waals surface area (Å²) in [6.45, 7) is 5.98. The average Bonchev–Trinajstić information content (AvgIpc) is 2.41. The third kappa shape index (κ3) is 2.21. The molecular formula is C16H24BrNO. The highest BCUT2D eigenvalue weighted by atomic mass is 79.9. The molecule has 0 aromatic heterocycles. The number of fused-ring (bicyclic) bond motifs is 4. The highest BCUT2D eigenvalue weighted by molar-refractivity contribution is 8.93. The van der Waals surface area contributed by atoms with Gasteiger partial charge in [-0.1, -0.05) is 19.9 Å². The summed E-state index contributed by atoms with van der Waals surface area (Å²) >= 11 is 0. The molecular weight excluding hydrogens is 302 g/mol. The van der Waals surface area contributed by atoms with Gasteiger partial charge in [-0.15, -0.1) is 17.0 Å². The lowest BCUT2D eigenvalue weighted by Gasteiger charge is -2.46. The molecule has 1 heterocycles. The first-order valence-electron chi connectivity index (χ1n) is 7.05. The van der Waals surface area contributed by atoms with E-state index in [1.165, 1.54) is 30.5 Å². The van der Waals surface area contributed by atoms with Crippen LogP contribution >= 0.6 is 17.0 Å². The molecule has 1 aliphatic heterocycles. The lowest BCUT2D eigenvalue weighted by atomic mass is 9.61. The molecule has 1 N–H and O–H groups in total. The zero-order valence-corrected chi connectivity index (χ0v) is 13.7. The molecule has 1 aromatic rings. The van der Waals surface area contributed by atoms with Crippen molar-refractivity contribution in [2.24, 2.45) is 5.92 Å². The number of halogens is 1. The molecule has 0 amide bonds. The molecule has 2 nitrogen and oxygen atoms in total. The minimum absolute atomic E-state index is 0. The number of hydrogen-bond acceptors (Lipinski definition) is 2. The van der Waals surface area contributed by atoms with Crippen LogP contribution < -0.4 is 0 Å². The lowest BCUT2D eigenvalue weighted by molar-refractivity contribution is 0.143. The van der Waals surface area contributed by atoms with E-state index >= 15 is 0 Å². The van der Waals surface area contributed by atoms with E-state index in [9.17, 15) is 5.11 Å². The first-order valence-corrected chi connectivity index (χ1v) is 7.05. The van der Waals surface area contributed by atoms with Crippen LogP contribution in [0.3, 0.4) is 0 Å². The molecule has 2 bridgehead atoms. The Morgan fingerprint density at radius 1 is 1.37 bits per heavy atom. The second kappa shape index (κ2) is 5.10. The van der Waals surface area contributed by atoms with Gasteiger partial charge < -0.3 is 10.0 Å². The zero-order chi connectivity index (χ0) is 12.9. The molecule has 0 saturated carbocycles. The van der Waals surface area contributed by atoms with Gasteiger partial charge in [0.05, 0.1) is 0 Å². The number of likely N-dealkylation sites (tertiary alicyclic amines) is 1. The monoisotopic (exact) mass is 325 g/mol. The summed E-state index contributed by atoms with van der Waals surface area (Å²) in [6, 6.07) is 6.62. The first kappa shape index (κ1) is 14.9. The largest absolute Gasteiger partial charge is 0.508 e. The van der Waals surface area contributed by atoms with E-state index < -0.39 is 0 Å². The lowest BCUT2D eigenvalue weighted by Crippen LogP contribution is -2.48. The third-order valence-electron chi connectivity index (χ3n) is 5.49. The maximum Gasteiger partial charge on any atom is 0.115 e. The number of benzene rings is 1. The van der Waals surface area contributed by atoms with Crippen molar-refractivity contribution in [1.29, 1.82) is 0 Å². The molecule has 106 valence electrons. The van der Waals surface area contributed by atoms with Crippen LogP contribution in [0.5, 0.6) is 5.75 Å². The SMILES string of the molecule is Br.C[C@H]1[C@H]2Cc3ccc(O)cc3[C@@]1(C)CCCN2C. The Kier molecular flexibility index (Phi) is 3.99. The number of rotatable bonds is 0. The van der Waals surface area contributed by atoms with Crippen LogP contribution in [0.2, 0.25) is 0 Å². The van der Waals surface area contributed by atoms with Crippen molar-refractivity contribution >= 4 is 17.0 Å². The molecule has 3 rings (SSSR count). The topological polar surface area (TPSA) is 23.5 Å². The second-order valence-electron chi connectivity index (χ2n) is 6.40. The Labute approximate surface area is 126 Å². The van der Waals surface area contributed by atoms with Gasteiger partial charge in [0.25, 0.3) is 0 Å². The molecule has 3 heteroatoms. The Hall–Kier alpha value is -0.540. The average molecular weight is 326 g/mol. The Morgan fingerprint density at radius 3 is 2.84 bits per heavy atom. The van der Waals surface area contributed by atoms with E-state index in [-0.39, 0.29) is 22.4 Å². The maximum absolute atomic E-state index is 9.80. The van der Waals surface area contributed by atoms with Gasteiger partial charge in [0.2, 0.25) is 0 Å². The fourth-order valence-corrected chi connectivity index (χ4v) is 4.11. The van der Waals surface area contributed by atoms with Crippen LogP contribution in [0.1, 0.15) is 37.8 Å². The van der Waals surface area contributed by atoms with E-state index in [2.05, 4.69) is 31.9 Å². The fourth-order valence-electron chi connectivity index (χ4n) is 4.11. The Balaban J connectivity index is 0.00000133. The van der Waals surface area contributed by atoms with Gasteiger partial charge in [-0.25, -0.2) is 0 Å². The number of phenols is 1. The van der Waals surface area contributed by atoms with E-state index in [0.29, 0.717) is 17.7 Å². The zero-order valence-electron chi connectivity index (χ0n) is 12.0. The maximum atomic E-state index is 9.80. The van der Waals surface area contributed by atoms with E-state index in [1.54, 1.807) is 0 Å². The quantitative estimate of drug-likeness (QED) is 0.789. The highest BCUT2D eigenvalue weighted by Gasteiger charge is 2.45. The number of nitrogens with zero attached hydrogens (tertiary/aromatic N) is 1. The van der Waals surface area contributed by atoms with Crippen molar-refractivity contribution in [2.45, 2.75) is 44.6 Å². The fraction of sp³-hybridized carbons (Fsp3) is 0.625. The smallest absolute Gasteiger partial charge is 0.115 e. The van der Waals surface area contributed by atoms with E-state index in [4.69, 9.17) is 0 Å². The molecule has 2 aliphatic rings. The summed E-state index contributed by atoms with van der Waals surface area (Å²) in [6.07, 6.45) is 3.61. The van der Waals surface area contributed by atoms with Gasteiger partial charge in [-0.2, -0.15) is 0 Å². The predicted octanol–water partition coefficient (Wildman–Crippen LogP) is 3.51. The summed E-state index contributed by atoms with van der Waals surface area (Å²) in [5.41, 5.74) is 3.05. The van der Waals surface area contributed by atoms with Crippen molar-refractivity contribution in [3.63, 3.8) is 0 Å². The van der Waals surface area contributed by atoms with Crippen molar-refractivity contribution in [3.05, 3.63) is 29.3 Å². The second-order valence-corrected chi connectivity index (χ2v) is 6.40. The normalized spacial score (nSPS) is 34.1. The summed E-state index contributed by atoms with van der Waals surface area (Å²) < 4.78 is 0. The standard InChI is InChI=1S/C16H23NO.BrH/c1-11-15-9-12-5-6-13(18)10-14(12)16(11,2)7-4-8-17(15)3;/h5-6,10-11,15,18H,4,7-9H2,1-3H3;1H/t11-,15+,16-;/m0./s1. The van der Waals surface area contributed by atoms with Gasteiger partial charge in [0, 0.05) is 6.04 Å². The molecule has 1 saturated heterocycles. The van der Waals surface area contributed by atoms with Gasteiger partial charge in [0.15, 0.2) is 0 Å². The van der Waals surface area contributed by atoms with Crippen molar-refractivity contribution < 1.29 is 5.11 Å². The molecule has 1 aliphatic carbocycles. The third-order valence-corrected chi connectivity index (χ3v) is 5.49. The summed E-state index contributed by atoms with van der Waals surface area (Å²) in [7, 11) is 2.26. The van der Waals surface area contributed by atoms with Crippen LogP contribution in [-0.2, 0) is 11.8 Å². The summed E-state index contributed by atoms with van der Waals surface area (Å²) in [5.74, 6) is 1.07. The van der Waals surface area contributed by atoms with Gasteiger partial charge >= 0.3 is 0 Å². The number of phenolic OH excluding ortho intramolecular Hbond substituents is 1. The van der Waals surface area contributed by atoms with Crippen LogP contribution in [-0.4, -0.2) is 29.6 Å². The van der Waals surface area contributed by atoms with Gasteiger partial charge in [-0.05, 0) is 67.4 Å². The van der Waals surface area contributed by atoms with Crippen molar-refractivity contribution in [2.75, 3.05) is 13.6 Å². The Bertz CT molecular complexity index is 476. The van der Waals surface area contributed by atoms with Gasteiger partial charge in [0.1, 0.15) is 5.75 Å². The van der Waals surface area contributed by atoms with E-state index in [1.807, 2.05) is 12.1 Å². The first-order chi connectivity index (χ1) is 8.52. The molecule has 1 aromatic carbocycles.